The summed E-state index contributed by atoms with van der Waals surface area (Å²) in [4.78, 5) is 27.1. The van der Waals surface area contributed by atoms with E-state index in [9.17, 15) is 9.59 Å². The van der Waals surface area contributed by atoms with Crippen LogP contribution in [0.1, 0.15) is 16.8 Å². The second-order valence-electron chi connectivity index (χ2n) is 4.25. The number of aryl methyl sites for hydroxylation is 1. The monoisotopic (exact) mass is 273 g/mol. The molecule has 1 amide bonds. The Hall–Kier alpha value is -2.83. The molecule has 0 atom stereocenters. The van der Waals surface area contributed by atoms with Gasteiger partial charge in [0.25, 0.3) is 5.56 Å². The van der Waals surface area contributed by atoms with Gasteiger partial charge in [-0.05, 0) is 19.1 Å². The van der Waals surface area contributed by atoms with Crippen LogP contribution in [-0.2, 0) is 11.2 Å². The summed E-state index contributed by atoms with van der Waals surface area (Å²) >= 11 is 0. The average Bonchev–Trinajstić information content (AvgIpc) is 2.77. The number of amides is 1. The molecule has 2 heterocycles. The fourth-order valence-corrected chi connectivity index (χ4v) is 1.66. The average molecular weight is 273 g/mol. The van der Waals surface area contributed by atoms with Crippen molar-refractivity contribution >= 4 is 11.6 Å². The highest BCUT2D eigenvalue weighted by atomic mass is 16.2. The van der Waals surface area contributed by atoms with Gasteiger partial charge in [-0.1, -0.05) is 6.58 Å². The summed E-state index contributed by atoms with van der Waals surface area (Å²) in [5.74, 6) is -0.326. The summed E-state index contributed by atoms with van der Waals surface area (Å²) in [7, 11) is 0. The van der Waals surface area contributed by atoms with Gasteiger partial charge in [-0.3, -0.25) is 30.5 Å². The molecule has 0 saturated heterocycles. The third kappa shape index (κ3) is 3.14. The first kappa shape index (κ1) is 13.6. The van der Waals surface area contributed by atoms with Crippen molar-refractivity contribution in [2.75, 3.05) is 0 Å². The Labute approximate surface area is 115 Å². The molecule has 7 nitrogen and oxygen atoms in total. The van der Waals surface area contributed by atoms with Crippen LogP contribution >= 0.6 is 0 Å². The largest absolute Gasteiger partial charge is 0.302 e. The standard InChI is InChI=1S/C13H15N5O2/c1-8(10-3-5-14-6-4-10)15-17-12(19)7-11-9(2)16-18-13(11)20/h3-6,15H,1,7H2,2H3,(H,17,19)(H2,16,18,20). The van der Waals surface area contributed by atoms with Gasteiger partial charge < -0.3 is 5.10 Å². The van der Waals surface area contributed by atoms with Gasteiger partial charge in [0.2, 0.25) is 5.91 Å². The van der Waals surface area contributed by atoms with E-state index in [1.54, 1.807) is 31.5 Å². The van der Waals surface area contributed by atoms with Crippen LogP contribution in [0.3, 0.4) is 0 Å². The van der Waals surface area contributed by atoms with Gasteiger partial charge in [-0.25, -0.2) is 0 Å². The lowest BCUT2D eigenvalue weighted by Crippen LogP contribution is -2.37. The van der Waals surface area contributed by atoms with Gasteiger partial charge in [-0.15, -0.1) is 0 Å². The van der Waals surface area contributed by atoms with E-state index >= 15 is 0 Å². The Morgan fingerprint density at radius 2 is 2.00 bits per heavy atom. The minimum atomic E-state index is -0.326. The van der Waals surface area contributed by atoms with E-state index in [0.717, 1.165) is 5.56 Å². The van der Waals surface area contributed by atoms with Gasteiger partial charge in [0.15, 0.2) is 0 Å². The lowest BCUT2D eigenvalue weighted by atomic mass is 10.2. The molecule has 0 bridgehead atoms. The quantitative estimate of drug-likeness (QED) is 0.586. The zero-order valence-electron chi connectivity index (χ0n) is 11.0. The number of carbonyl (C=O) groups excluding carboxylic acids is 1. The second kappa shape index (κ2) is 5.87. The molecular weight excluding hydrogens is 258 g/mol. The Bertz CT molecular complexity index is 672. The molecule has 0 radical (unpaired) electrons. The Balaban J connectivity index is 1.90. The third-order valence-corrected chi connectivity index (χ3v) is 2.81. The molecule has 0 aromatic carbocycles. The highest BCUT2D eigenvalue weighted by molar-refractivity contribution is 5.79. The van der Waals surface area contributed by atoms with Crippen LogP contribution in [0, 0.1) is 6.92 Å². The second-order valence-corrected chi connectivity index (χ2v) is 4.25. The van der Waals surface area contributed by atoms with Crippen molar-refractivity contribution in [2.24, 2.45) is 0 Å². The first-order chi connectivity index (χ1) is 9.58. The van der Waals surface area contributed by atoms with Crippen LogP contribution in [0.5, 0.6) is 0 Å². The van der Waals surface area contributed by atoms with Gasteiger partial charge in [-0.2, -0.15) is 0 Å². The van der Waals surface area contributed by atoms with Crippen molar-refractivity contribution in [1.29, 1.82) is 0 Å². The molecule has 104 valence electrons. The molecule has 20 heavy (non-hydrogen) atoms. The minimum Gasteiger partial charge on any atom is -0.302 e. The molecule has 0 spiro atoms. The molecule has 0 unspecified atom stereocenters. The zero-order valence-corrected chi connectivity index (χ0v) is 11.0. The summed E-state index contributed by atoms with van der Waals surface area (Å²) in [5, 5.41) is 5.10. The van der Waals surface area contributed by atoms with Crippen LogP contribution in [0.2, 0.25) is 0 Å². The maximum Gasteiger partial charge on any atom is 0.267 e. The number of H-pyrrole nitrogens is 2. The van der Waals surface area contributed by atoms with Crippen molar-refractivity contribution in [3.63, 3.8) is 0 Å². The summed E-state index contributed by atoms with van der Waals surface area (Å²) in [5.41, 5.74) is 7.34. The van der Waals surface area contributed by atoms with E-state index in [1.165, 1.54) is 0 Å². The summed E-state index contributed by atoms with van der Waals surface area (Å²) < 4.78 is 0. The van der Waals surface area contributed by atoms with Gasteiger partial charge in [0, 0.05) is 29.2 Å². The normalized spacial score (nSPS) is 10.1. The van der Waals surface area contributed by atoms with E-state index in [0.29, 0.717) is 17.0 Å². The molecule has 4 N–H and O–H groups in total. The molecular formula is C13H15N5O2. The first-order valence-corrected chi connectivity index (χ1v) is 5.98. The van der Waals surface area contributed by atoms with E-state index in [1.807, 2.05) is 0 Å². The molecule has 0 aliphatic rings. The molecule has 2 rings (SSSR count). The molecule has 0 fully saturated rings. The third-order valence-electron chi connectivity index (χ3n) is 2.81. The predicted molar refractivity (Wildman–Crippen MR) is 74.4 cm³/mol. The van der Waals surface area contributed by atoms with E-state index in [-0.39, 0.29) is 17.9 Å². The van der Waals surface area contributed by atoms with E-state index < -0.39 is 0 Å². The van der Waals surface area contributed by atoms with Crippen LogP contribution < -0.4 is 16.4 Å². The SMILES string of the molecule is C=C(NNC(=O)Cc1c(C)[nH][nH]c1=O)c1ccncc1. The number of nitrogens with zero attached hydrogens (tertiary/aromatic N) is 1. The number of aromatic amines is 2. The molecule has 0 saturated carbocycles. The minimum absolute atomic E-state index is 0.0126. The topological polar surface area (TPSA) is 103 Å². The molecule has 0 aliphatic heterocycles. The van der Waals surface area contributed by atoms with Gasteiger partial charge >= 0.3 is 0 Å². The summed E-state index contributed by atoms with van der Waals surface area (Å²) in [6.45, 7) is 5.53. The number of rotatable bonds is 5. The Morgan fingerprint density at radius 1 is 1.30 bits per heavy atom. The number of carbonyl (C=O) groups is 1. The number of hydrogen-bond acceptors (Lipinski definition) is 4. The van der Waals surface area contributed by atoms with Crippen LogP contribution in [-0.4, -0.2) is 21.1 Å². The number of hydrogen-bond donors (Lipinski definition) is 4. The van der Waals surface area contributed by atoms with Crippen molar-refractivity contribution in [2.45, 2.75) is 13.3 Å². The van der Waals surface area contributed by atoms with Crippen LogP contribution in [0.4, 0.5) is 0 Å². The fraction of sp³-hybridized carbons (Fsp3) is 0.154. The first-order valence-electron chi connectivity index (χ1n) is 5.98. The molecule has 2 aromatic heterocycles. The Kier molecular flexibility index (Phi) is 3.99. The van der Waals surface area contributed by atoms with E-state index in [2.05, 4.69) is 32.6 Å². The van der Waals surface area contributed by atoms with Gasteiger partial charge in [0.05, 0.1) is 12.1 Å². The molecule has 2 aromatic rings. The van der Waals surface area contributed by atoms with Gasteiger partial charge in [0.1, 0.15) is 0 Å². The predicted octanol–water partition coefficient (Wildman–Crippen LogP) is 0.241. The number of nitrogens with one attached hydrogen (secondary N) is 4. The van der Waals surface area contributed by atoms with Crippen molar-refractivity contribution < 1.29 is 4.79 Å². The zero-order chi connectivity index (χ0) is 14.5. The van der Waals surface area contributed by atoms with Crippen molar-refractivity contribution in [3.8, 4) is 0 Å². The highest BCUT2D eigenvalue weighted by Gasteiger charge is 2.11. The van der Waals surface area contributed by atoms with Crippen LogP contribution in [0.15, 0.2) is 35.9 Å². The number of aromatic nitrogens is 3. The van der Waals surface area contributed by atoms with Crippen molar-refractivity contribution in [1.82, 2.24) is 26.0 Å². The lowest BCUT2D eigenvalue weighted by molar-refractivity contribution is -0.121. The number of pyridine rings is 1. The maximum atomic E-state index is 11.8. The Morgan fingerprint density at radius 3 is 2.60 bits per heavy atom. The maximum absolute atomic E-state index is 11.8. The highest BCUT2D eigenvalue weighted by Crippen LogP contribution is 2.05. The molecule has 0 aliphatic carbocycles. The number of hydrazine groups is 1. The molecule has 7 heteroatoms. The summed E-state index contributed by atoms with van der Waals surface area (Å²) in [6, 6.07) is 3.53. The fourth-order valence-electron chi connectivity index (χ4n) is 1.66. The van der Waals surface area contributed by atoms with E-state index in [4.69, 9.17) is 0 Å². The van der Waals surface area contributed by atoms with Crippen molar-refractivity contribution in [3.05, 3.63) is 58.3 Å². The lowest BCUT2D eigenvalue weighted by Gasteiger charge is -2.10. The van der Waals surface area contributed by atoms with Crippen LogP contribution in [0.25, 0.3) is 5.70 Å². The smallest absolute Gasteiger partial charge is 0.267 e. The summed E-state index contributed by atoms with van der Waals surface area (Å²) in [6.07, 6.45) is 3.25.